The van der Waals surface area contributed by atoms with E-state index < -0.39 is 0 Å². The Labute approximate surface area is 183 Å². The highest BCUT2D eigenvalue weighted by molar-refractivity contribution is 6.08. The molecule has 28 heavy (non-hydrogen) atoms. The van der Waals surface area contributed by atoms with Gasteiger partial charge in [-0.15, -0.1) is 0 Å². The summed E-state index contributed by atoms with van der Waals surface area (Å²) in [6.45, 7) is 8.94. The Morgan fingerprint density at radius 3 is 1.04 bits per heavy atom. The molecule has 0 amide bonds. The third-order valence-corrected chi connectivity index (χ3v) is 7.36. The van der Waals surface area contributed by atoms with Crippen LogP contribution in [0, 0.1) is 0 Å². The maximum absolute atomic E-state index is 2.56. The zero-order valence-corrected chi connectivity index (χ0v) is 22.7. The van der Waals surface area contributed by atoms with Crippen LogP contribution in [0.15, 0.2) is 0 Å². The molecule has 0 aromatic rings. The molecular formula is C26H58NSi+. The lowest BCUT2D eigenvalue weighted by Gasteiger charge is -2.35. The normalized spacial score (nSPS) is 12.1. The third-order valence-electron chi connectivity index (χ3n) is 6.65. The Balaban J connectivity index is 3.75. The molecule has 0 aromatic carbocycles. The molecule has 0 aliphatic heterocycles. The summed E-state index contributed by atoms with van der Waals surface area (Å²) in [4.78, 5) is 0. The lowest BCUT2D eigenvalue weighted by atomic mass is 10.1. The number of hydrogen-bond acceptors (Lipinski definition) is 0. The molecular weight excluding hydrogens is 354 g/mol. The molecule has 0 bridgehead atoms. The van der Waals surface area contributed by atoms with E-state index in [2.05, 4.69) is 20.9 Å². The van der Waals surface area contributed by atoms with Crippen LogP contribution in [0.1, 0.15) is 136 Å². The molecule has 0 rings (SSSR count). The summed E-state index contributed by atoms with van der Waals surface area (Å²) in [6.07, 6.45) is 27.7. The summed E-state index contributed by atoms with van der Waals surface area (Å²) in [7, 11) is 3.95. The number of rotatable bonds is 23. The largest absolute Gasteiger partial charge is 0.326 e. The van der Waals surface area contributed by atoms with Crippen molar-refractivity contribution < 1.29 is 4.48 Å². The van der Waals surface area contributed by atoms with Gasteiger partial charge >= 0.3 is 0 Å². The molecule has 0 spiro atoms. The van der Waals surface area contributed by atoms with Crippen molar-refractivity contribution in [3.05, 3.63) is 0 Å². The van der Waals surface area contributed by atoms with Gasteiger partial charge in [-0.25, -0.2) is 0 Å². The van der Waals surface area contributed by atoms with Gasteiger partial charge in [0.15, 0.2) is 0 Å². The van der Waals surface area contributed by atoms with Crippen LogP contribution in [0.4, 0.5) is 0 Å². The molecule has 0 saturated heterocycles. The highest BCUT2D eigenvalue weighted by atomic mass is 28.1. The molecule has 2 heteroatoms. The van der Waals surface area contributed by atoms with Crippen LogP contribution in [0.2, 0.25) is 6.04 Å². The molecule has 0 aliphatic carbocycles. The topological polar surface area (TPSA) is 0 Å². The lowest BCUT2D eigenvalue weighted by molar-refractivity contribution is -0.910. The minimum absolute atomic E-state index is 1.37. The highest BCUT2D eigenvalue weighted by Crippen LogP contribution is 2.16. The van der Waals surface area contributed by atoms with E-state index in [-0.39, 0.29) is 0 Å². The molecule has 0 unspecified atom stereocenters. The average molecular weight is 413 g/mol. The van der Waals surface area contributed by atoms with E-state index in [1.807, 2.05) is 0 Å². The van der Waals surface area contributed by atoms with Gasteiger partial charge in [-0.2, -0.15) is 0 Å². The molecule has 0 saturated carbocycles. The Morgan fingerprint density at radius 2 is 0.714 bits per heavy atom. The molecule has 170 valence electrons. The second kappa shape index (κ2) is 21.9. The van der Waals surface area contributed by atoms with Gasteiger partial charge in [0.1, 0.15) is 0 Å². The van der Waals surface area contributed by atoms with Crippen LogP contribution in [0.5, 0.6) is 0 Å². The Bertz CT molecular complexity index is 270. The van der Waals surface area contributed by atoms with Gasteiger partial charge in [-0.3, -0.25) is 0 Å². The first-order valence-electron chi connectivity index (χ1n) is 13.5. The van der Waals surface area contributed by atoms with Crippen molar-refractivity contribution in [2.45, 2.75) is 142 Å². The predicted molar refractivity (Wildman–Crippen MR) is 135 cm³/mol. The third kappa shape index (κ3) is 19.5. The summed E-state index contributed by atoms with van der Waals surface area (Å²) in [5, 5.41) is 0. The van der Waals surface area contributed by atoms with Crippen LogP contribution in [0.3, 0.4) is 0 Å². The van der Waals surface area contributed by atoms with Crippen molar-refractivity contribution in [3.63, 3.8) is 0 Å². The fourth-order valence-corrected chi connectivity index (χ4v) is 4.80. The minimum atomic E-state index is 1.37. The Hall–Kier alpha value is 0.177. The zero-order valence-electron chi connectivity index (χ0n) is 20.7. The van der Waals surface area contributed by atoms with Crippen LogP contribution >= 0.6 is 0 Å². The summed E-state index contributed by atoms with van der Waals surface area (Å²) in [5.74, 6) is 0. The average Bonchev–Trinajstić information content (AvgIpc) is 2.70. The summed E-state index contributed by atoms with van der Waals surface area (Å²) in [5.41, 5.74) is 0. The fourth-order valence-electron chi connectivity index (χ4n) is 4.48. The molecule has 0 N–H and O–H groups in total. The monoisotopic (exact) mass is 412 g/mol. The van der Waals surface area contributed by atoms with Crippen LogP contribution in [-0.4, -0.2) is 41.4 Å². The van der Waals surface area contributed by atoms with E-state index in [1.165, 1.54) is 162 Å². The highest BCUT2D eigenvalue weighted by Gasteiger charge is 2.19. The molecule has 0 heterocycles. The minimum Gasteiger partial charge on any atom is -0.326 e. The zero-order chi connectivity index (χ0) is 20.8. The molecule has 0 radical (unpaired) electrons. The first-order valence-corrected chi connectivity index (χ1v) is 14.9. The molecule has 0 aliphatic rings. The second-order valence-corrected chi connectivity index (χ2v) is 10.8. The van der Waals surface area contributed by atoms with E-state index in [0.29, 0.717) is 0 Å². The van der Waals surface area contributed by atoms with Crippen LogP contribution < -0.4 is 0 Å². The fraction of sp³-hybridized carbons (Fsp3) is 1.00. The van der Waals surface area contributed by atoms with Gasteiger partial charge in [-0.1, -0.05) is 110 Å². The molecule has 1 nitrogen and oxygen atoms in total. The van der Waals surface area contributed by atoms with Crippen molar-refractivity contribution in [3.8, 4) is 0 Å². The molecule has 0 aromatic heterocycles. The Morgan fingerprint density at radius 1 is 0.429 bits per heavy atom. The number of quaternary nitrogens is 1. The van der Waals surface area contributed by atoms with Crippen molar-refractivity contribution in [1.82, 2.24) is 0 Å². The van der Waals surface area contributed by atoms with Crippen LogP contribution in [0.25, 0.3) is 0 Å². The lowest BCUT2D eigenvalue weighted by Crippen LogP contribution is -2.46. The van der Waals surface area contributed by atoms with E-state index in [4.69, 9.17) is 0 Å². The number of nitrogens with zero attached hydrogens (tertiary/aromatic N) is 1. The SMILES string of the molecule is CCCCCCCCCCC[N+](C)(CCC[SiH3])CCCCCCCCCCC. The van der Waals surface area contributed by atoms with Crippen molar-refractivity contribution in [2.75, 3.05) is 26.7 Å². The van der Waals surface area contributed by atoms with Crippen molar-refractivity contribution in [2.24, 2.45) is 0 Å². The summed E-state index contributed by atoms with van der Waals surface area (Å²) >= 11 is 0. The van der Waals surface area contributed by atoms with Gasteiger partial charge in [0, 0.05) is 10.2 Å². The van der Waals surface area contributed by atoms with Gasteiger partial charge < -0.3 is 4.48 Å². The second-order valence-electron chi connectivity index (χ2n) is 9.80. The maximum atomic E-state index is 2.56. The predicted octanol–water partition coefficient (Wildman–Crippen LogP) is 7.67. The number of hydrogen-bond donors (Lipinski definition) is 0. The van der Waals surface area contributed by atoms with Crippen molar-refractivity contribution in [1.29, 1.82) is 0 Å². The van der Waals surface area contributed by atoms with E-state index in [0.717, 1.165) is 0 Å². The van der Waals surface area contributed by atoms with E-state index in [9.17, 15) is 0 Å². The summed E-state index contributed by atoms with van der Waals surface area (Å²) in [6, 6.07) is 1.49. The standard InChI is InChI=1S/C26H58NSi/c1-4-6-8-10-12-14-16-18-20-23-27(3,25-22-26-28)24-21-19-17-15-13-11-9-7-5-2/h4-26H2,1-3,28H3/q+1. The van der Waals surface area contributed by atoms with Gasteiger partial charge in [0.05, 0.1) is 26.7 Å². The summed E-state index contributed by atoms with van der Waals surface area (Å²) < 4.78 is 1.37. The van der Waals surface area contributed by atoms with E-state index >= 15 is 0 Å². The molecule has 0 fully saturated rings. The quantitative estimate of drug-likeness (QED) is 0.0917. The first kappa shape index (κ1) is 28.2. The van der Waals surface area contributed by atoms with Gasteiger partial charge in [-0.05, 0) is 32.1 Å². The van der Waals surface area contributed by atoms with Crippen LogP contribution in [-0.2, 0) is 0 Å². The molecule has 0 atom stereocenters. The van der Waals surface area contributed by atoms with Crippen molar-refractivity contribution >= 4 is 10.2 Å². The first-order chi connectivity index (χ1) is 13.7. The number of unbranched alkanes of at least 4 members (excludes halogenated alkanes) is 16. The smallest absolute Gasteiger partial charge is 0.0784 e. The maximum Gasteiger partial charge on any atom is 0.0784 e. The van der Waals surface area contributed by atoms with Gasteiger partial charge in [0.25, 0.3) is 0 Å². The van der Waals surface area contributed by atoms with Gasteiger partial charge in [0.2, 0.25) is 0 Å². The van der Waals surface area contributed by atoms with E-state index in [1.54, 1.807) is 0 Å². The Kier molecular flexibility index (Phi) is 22.0.